The number of benzene rings is 1. The number of ether oxygens (including phenoxy) is 1. The van der Waals surface area contributed by atoms with Crippen LogP contribution < -0.4 is 11.1 Å². The van der Waals surface area contributed by atoms with Crippen molar-refractivity contribution in [1.29, 1.82) is 0 Å². The third-order valence-electron chi connectivity index (χ3n) is 2.35. The maximum atomic E-state index is 11.6. The highest BCUT2D eigenvalue weighted by Gasteiger charge is 2.12. The summed E-state index contributed by atoms with van der Waals surface area (Å²) < 4.78 is 5.05. The van der Waals surface area contributed by atoms with Gasteiger partial charge in [-0.25, -0.2) is 0 Å². The van der Waals surface area contributed by atoms with Crippen molar-refractivity contribution < 1.29 is 9.53 Å². The second-order valence-corrected chi connectivity index (χ2v) is 3.59. The molecule has 0 aliphatic rings. The molecule has 0 heterocycles. The van der Waals surface area contributed by atoms with Crippen molar-refractivity contribution in [1.82, 2.24) is 0 Å². The van der Waals surface area contributed by atoms with E-state index in [2.05, 4.69) is 5.32 Å². The van der Waals surface area contributed by atoms with E-state index in [1.54, 1.807) is 7.11 Å². The summed E-state index contributed by atoms with van der Waals surface area (Å²) in [6, 6.07) is 7.07. The summed E-state index contributed by atoms with van der Waals surface area (Å²) in [5.41, 5.74) is 7.35. The van der Waals surface area contributed by atoms with Crippen molar-refractivity contribution >= 4 is 11.6 Å². The lowest BCUT2D eigenvalue weighted by Gasteiger charge is -2.13. The van der Waals surface area contributed by atoms with Crippen molar-refractivity contribution in [2.75, 3.05) is 12.4 Å². The van der Waals surface area contributed by atoms with Crippen LogP contribution in [0.5, 0.6) is 0 Å². The largest absolute Gasteiger partial charge is 0.380 e. The fourth-order valence-corrected chi connectivity index (χ4v) is 1.33. The molecule has 0 radical (unpaired) electrons. The number of amides is 1. The van der Waals surface area contributed by atoms with Gasteiger partial charge in [0.05, 0.1) is 12.6 Å². The summed E-state index contributed by atoms with van der Waals surface area (Å²) in [6.45, 7) is 2.35. The molecule has 16 heavy (non-hydrogen) atoms. The summed E-state index contributed by atoms with van der Waals surface area (Å²) in [4.78, 5) is 11.6. The van der Waals surface area contributed by atoms with Gasteiger partial charge in [-0.1, -0.05) is 25.1 Å². The van der Waals surface area contributed by atoms with Crippen LogP contribution in [0.25, 0.3) is 0 Å². The van der Waals surface area contributed by atoms with Gasteiger partial charge in [0, 0.05) is 18.4 Å². The number of methoxy groups -OCH3 is 1. The van der Waals surface area contributed by atoms with E-state index in [1.807, 2.05) is 31.2 Å². The van der Waals surface area contributed by atoms with Gasteiger partial charge in [-0.3, -0.25) is 4.79 Å². The van der Waals surface area contributed by atoms with Crippen LogP contribution >= 0.6 is 0 Å². The van der Waals surface area contributed by atoms with Crippen molar-refractivity contribution in [3.63, 3.8) is 0 Å². The monoisotopic (exact) mass is 222 g/mol. The third-order valence-corrected chi connectivity index (χ3v) is 2.35. The fourth-order valence-electron chi connectivity index (χ4n) is 1.33. The van der Waals surface area contributed by atoms with Gasteiger partial charge in [0.2, 0.25) is 5.91 Å². The Morgan fingerprint density at radius 3 is 2.81 bits per heavy atom. The van der Waals surface area contributed by atoms with Crippen LogP contribution in [-0.2, 0) is 16.1 Å². The number of carbonyl (C=O) groups is 1. The molecule has 4 heteroatoms. The first-order valence-corrected chi connectivity index (χ1v) is 5.32. The molecule has 0 fully saturated rings. The number of carbonyl (C=O) groups excluding carboxylic acids is 1. The average molecular weight is 222 g/mol. The van der Waals surface area contributed by atoms with E-state index in [1.165, 1.54) is 0 Å². The van der Waals surface area contributed by atoms with Crippen LogP contribution in [-0.4, -0.2) is 19.1 Å². The molecule has 1 atom stereocenters. The van der Waals surface area contributed by atoms with Gasteiger partial charge >= 0.3 is 0 Å². The first-order valence-electron chi connectivity index (χ1n) is 5.32. The van der Waals surface area contributed by atoms with Crippen LogP contribution in [0.15, 0.2) is 24.3 Å². The van der Waals surface area contributed by atoms with Gasteiger partial charge in [0.25, 0.3) is 0 Å². The van der Waals surface area contributed by atoms with Gasteiger partial charge in [0.15, 0.2) is 0 Å². The molecular formula is C12H18N2O2. The summed E-state index contributed by atoms with van der Waals surface area (Å²) in [6.07, 6.45) is 0.623. The number of nitrogens with two attached hydrogens (primary N) is 1. The maximum absolute atomic E-state index is 11.6. The Balaban J connectivity index is 2.76. The maximum Gasteiger partial charge on any atom is 0.241 e. The Morgan fingerprint density at radius 2 is 2.19 bits per heavy atom. The number of rotatable bonds is 5. The van der Waals surface area contributed by atoms with Crippen LogP contribution in [0, 0.1) is 0 Å². The zero-order valence-corrected chi connectivity index (χ0v) is 9.69. The lowest BCUT2D eigenvalue weighted by atomic mass is 10.1. The fraction of sp³-hybridized carbons (Fsp3) is 0.417. The van der Waals surface area contributed by atoms with Crippen molar-refractivity contribution in [2.24, 2.45) is 5.73 Å². The van der Waals surface area contributed by atoms with Crippen LogP contribution in [0.4, 0.5) is 5.69 Å². The molecule has 0 aromatic heterocycles. The van der Waals surface area contributed by atoms with E-state index in [4.69, 9.17) is 10.5 Å². The van der Waals surface area contributed by atoms with Crippen LogP contribution in [0.1, 0.15) is 18.9 Å². The molecular weight excluding hydrogens is 204 g/mol. The molecule has 3 N–H and O–H groups in total. The predicted octanol–water partition coefficient (Wildman–Crippen LogP) is 1.51. The standard InChI is InChI=1S/C12H18N2O2/c1-3-10(13)12(15)14-11-7-5-4-6-9(11)8-16-2/h4-7,10H,3,8,13H2,1-2H3,(H,14,15). The molecule has 88 valence electrons. The minimum Gasteiger partial charge on any atom is -0.380 e. The zero-order valence-electron chi connectivity index (χ0n) is 9.69. The molecule has 0 bridgehead atoms. The quantitative estimate of drug-likeness (QED) is 0.793. The molecule has 0 saturated carbocycles. The van der Waals surface area contributed by atoms with E-state index < -0.39 is 6.04 Å². The highest BCUT2D eigenvalue weighted by atomic mass is 16.5. The highest BCUT2D eigenvalue weighted by molar-refractivity contribution is 5.95. The highest BCUT2D eigenvalue weighted by Crippen LogP contribution is 2.16. The van der Waals surface area contributed by atoms with Crippen molar-refractivity contribution in [3.05, 3.63) is 29.8 Å². The Hall–Kier alpha value is -1.39. The molecule has 1 aromatic carbocycles. The Morgan fingerprint density at radius 1 is 1.50 bits per heavy atom. The summed E-state index contributed by atoms with van der Waals surface area (Å²) in [7, 11) is 1.62. The molecule has 0 saturated heterocycles. The van der Waals surface area contributed by atoms with Crippen molar-refractivity contribution in [2.45, 2.75) is 26.0 Å². The minimum absolute atomic E-state index is 0.161. The number of nitrogens with one attached hydrogen (secondary N) is 1. The molecule has 0 spiro atoms. The van der Waals surface area contributed by atoms with E-state index in [9.17, 15) is 4.79 Å². The minimum atomic E-state index is -0.462. The number of anilines is 1. The average Bonchev–Trinajstić information content (AvgIpc) is 2.31. The zero-order chi connectivity index (χ0) is 12.0. The second kappa shape index (κ2) is 6.25. The van der Waals surface area contributed by atoms with E-state index in [0.717, 1.165) is 11.3 Å². The molecule has 0 aliphatic carbocycles. The van der Waals surface area contributed by atoms with Gasteiger partial charge < -0.3 is 15.8 Å². The Labute approximate surface area is 95.8 Å². The van der Waals surface area contributed by atoms with E-state index >= 15 is 0 Å². The first-order chi connectivity index (χ1) is 7.69. The van der Waals surface area contributed by atoms with Crippen LogP contribution in [0.2, 0.25) is 0 Å². The molecule has 1 amide bonds. The van der Waals surface area contributed by atoms with Crippen molar-refractivity contribution in [3.8, 4) is 0 Å². The lowest BCUT2D eigenvalue weighted by molar-refractivity contribution is -0.117. The number of hydrogen-bond donors (Lipinski definition) is 2. The van der Waals surface area contributed by atoms with Gasteiger partial charge in [-0.05, 0) is 12.5 Å². The number of hydrogen-bond acceptors (Lipinski definition) is 3. The van der Waals surface area contributed by atoms with Gasteiger partial charge in [0.1, 0.15) is 0 Å². The van der Waals surface area contributed by atoms with Gasteiger partial charge in [-0.2, -0.15) is 0 Å². The van der Waals surface area contributed by atoms with Crippen LogP contribution in [0.3, 0.4) is 0 Å². The topological polar surface area (TPSA) is 64.4 Å². The molecule has 1 rings (SSSR count). The predicted molar refractivity (Wildman–Crippen MR) is 64.1 cm³/mol. The summed E-state index contributed by atoms with van der Waals surface area (Å²) in [5, 5.41) is 2.80. The third kappa shape index (κ3) is 3.32. The number of para-hydroxylation sites is 1. The summed E-state index contributed by atoms with van der Waals surface area (Å²) >= 11 is 0. The van der Waals surface area contributed by atoms with E-state index in [-0.39, 0.29) is 5.91 Å². The molecule has 0 aliphatic heterocycles. The normalized spacial score (nSPS) is 12.2. The Bertz CT molecular complexity index is 353. The van der Waals surface area contributed by atoms with Gasteiger partial charge in [-0.15, -0.1) is 0 Å². The SMILES string of the molecule is CCC(N)C(=O)Nc1ccccc1COC. The van der Waals surface area contributed by atoms with E-state index in [0.29, 0.717) is 13.0 Å². The molecule has 1 unspecified atom stereocenters. The molecule has 1 aromatic rings. The second-order valence-electron chi connectivity index (χ2n) is 3.59. The smallest absolute Gasteiger partial charge is 0.241 e. The molecule has 4 nitrogen and oxygen atoms in total. The summed E-state index contributed by atoms with van der Waals surface area (Å²) in [5.74, 6) is -0.161. The lowest BCUT2D eigenvalue weighted by Crippen LogP contribution is -2.35. The first kappa shape index (κ1) is 12.7. The Kier molecular flexibility index (Phi) is 4.95.